The van der Waals surface area contributed by atoms with Gasteiger partial charge < -0.3 is 19.5 Å². The van der Waals surface area contributed by atoms with Gasteiger partial charge in [0.05, 0.1) is 5.52 Å². The monoisotopic (exact) mass is 439 g/mol. The Bertz CT molecular complexity index is 1080. The van der Waals surface area contributed by atoms with E-state index in [2.05, 4.69) is 5.32 Å². The Kier molecular flexibility index (Phi) is 5.77. The fourth-order valence-corrected chi connectivity index (χ4v) is 5.13. The van der Waals surface area contributed by atoms with Crippen LogP contribution < -0.4 is 10.9 Å². The second-order valence-corrected chi connectivity index (χ2v) is 10.3. The molecule has 2 fully saturated rings. The normalized spacial score (nSPS) is 22.9. The van der Waals surface area contributed by atoms with Gasteiger partial charge in [-0.05, 0) is 77.8 Å². The van der Waals surface area contributed by atoms with E-state index in [1.54, 1.807) is 10.6 Å². The maximum atomic E-state index is 13.2. The number of carbonyl (C=O) groups excluding carboxylic acids is 2. The molecule has 2 bridgehead atoms. The van der Waals surface area contributed by atoms with Crippen molar-refractivity contribution in [2.24, 2.45) is 0 Å². The Morgan fingerprint density at radius 1 is 1.09 bits per heavy atom. The number of fused-ring (bicyclic) bond motifs is 3. The standard InChI is InChI=1S/C25H33N3O4/c1-15(2)27-21-9-7-6-8-16(21)12-20(23(27)30)22(29)26-17-13-18-10-11-19(14-17)28(18)24(31)32-25(3,4)5/h6-9,12,15,17-19H,10-11,13-14H2,1-5H3,(H,26,29)/t17-,18+,19-. The summed E-state index contributed by atoms with van der Waals surface area (Å²) < 4.78 is 7.27. The number of pyridine rings is 1. The molecule has 2 aliphatic rings. The minimum Gasteiger partial charge on any atom is -0.444 e. The Morgan fingerprint density at radius 3 is 2.31 bits per heavy atom. The van der Waals surface area contributed by atoms with Gasteiger partial charge in [-0.3, -0.25) is 9.59 Å². The molecule has 2 amide bonds. The van der Waals surface area contributed by atoms with Crippen molar-refractivity contribution in [1.82, 2.24) is 14.8 Å². The van der Waals surface area contributed by atoms with Gasteiger partial charge in [0.25, 0.3) is 11.5 Å². The molecule has 2 aromatic rings. The number of amides is 2. The number of hydrogen-bond acceptors (Lipinski definition) is 4. The summed E-state index contributed by atoms with van der Waals surface area (Å²) in [6, 6.07) is 9.29. The summed E-state index contributed by atoms with van der Waals surface area (Å²) in [6.45, 7) is 9.49. The zero-order valence-corrected chi connectivity index (χ0v) is 19.6. The number of nitrogens with one attached hydrogen (secondary N) is 1. The number of carbonyl (C=O) groups is 2. The maximum Gasteiger partial charge on any atom is 0.410 e. The number of hydrogen-bond donors (Lipinski definition) is 1. The molecule has 2 saturated heterocycles. The molecule has 172 valence electrons. The summed E-state index contributed by atoms with van der Waals surface area (Å²) in [5, 5.41) is 3.95. The highest BCUT2D eigenvalue weighted by Crippen LogP contribution is 2.37. The third-order valence-electron chi connectivity index (χ3n) is 6.38. The van der Waals surface area contributed by atoms with Crippen molar-refractivity contribution in [2.45, 2.75) is 90.1 Å². The zero-order valence-electron chi connectivity index (χ0n) is 19.6. The molecule has 1 aromatic heterocycles. The molecule has 2 aliphatic heterocycles. The van der Waals surface area contributed by atoms with Crippen LogP contribution in [0.1, 0.15) is 76.7 Å². The first kappa shape index (κ1) is 22.4. The van der Waals surface area contributed by atoms with Gasteiger partial charge in [-0.1, -0.05) is 18.2 Å². The van der Waals surface area contributed by atoms with Gasteiger partial charge in [0.1, 0.15) is 11.2 Å². The number of rotatable bonds is 3. The lowest BCUT2D eigenvalue weighted by molar-refractivity contribution is 0.00500. The fourth-order valence-electron chi connectivity index (χ4n) is 5.13. The number of nitrogens with zero attached hydrogens (tertiary/aromatic N) is 2. The van der Waals surface area contributed by atoms with Crippen LogP contribution in [0.15, 0.2) is 35.1 Å². The quantitative estimate of drug-likeness (QED) is 0.776. The molecule has 32 heavy (non-hydrogen) atoms. The molecular formula is C25H33N3O4. The Labute approximate surface area is 188 Å². The van der Waals surface area contributed by atoms with E-state index in [1.807, 2.05) is 63.8 Å². The number of aromatic nitrogens is 1. The van der Waals surface area contributed by atoms with Crippen LogP contribution in [0.4, 0.5) is 4.79 Å². The van der Waals surface area contributed by atoms with E-state index in [4.69, 9.17) is 4.74 Å². The van der Waals surface area contributed by atoms with E-state index in [0.29, 0.717) is 12.8 Å². The third kappa shape index (κ3) is 4.25. The molecule has 3 atom stereocenters. The number of para-hydroxylation sites is 1. The van der Waals surface area contributed by atoms with Gasteiger partial charge in [-0.15, -0.1) is 0 Å². The molecular weight excluding hydrogens is 406 g/mol. The molecule has 0 unspecified atom stereocenters. The molecule has 7 heteroatoms. The van der Waals surface area contributed by atoms with Crippen LogP contribution in [-0.4, -0.2) is 45.2 Å². The van der Waals surface area contributed by atoms with Crippen molar-refractivity contribution in [3.05, 3.63) is 46.2 Å². The van der Waals surface area contributed by atoms with Crippen molar-refractivity contribution in [3.63, 3.8) is 0 Å². The minimum atomic E-state index is -0.534. The zero-order chi connectivity index (χ0) is 23.2. The minimum absolute atomic E-state index is 0.0535. The van der Waals surface area contributed by atoms with Gasteiger partial charge >= 0.3 is 6.09 Å². The van der Waals surface area contributed by atoms with Gasteiger partial charge in [0.2, 0.25) is 0 Å². The number of ether oxygens (including phenoxy) is 1. The van der Waals surface area contributed by atoms with Crippen LogP contribution in [0.2, 0.25) is 0 Å². The van der Waals surface area contributed by atoms with Gasteiger partial charge in [-0.25, -0.2) is 4.79 Å². The topological polar surface area (TPSA) is 80.6 Å². The van der Waals surface area contributed by atoms with E-state index in [0.717, 1.165) is 23.7 Å². The van der Waals surface area contributed by atoms with Crippen LogP contribution in [0.25, 0.3) is 10.9 Å². The fraction of sp³-hybridized carbons (Fsp3) is 0.560. The third-order valence-corrected chi connectivity index (χ3v) is 6.38. The molecule has 0 aliphatic carbocycles. The summed E-state index contributed by atoms with van der Waals surface area (Å²) in [7, 11) is 0. The van der Waals surface area contributed by atoms with E-state index in [-0.39, 0.29) is 47.3 Å². The number of benzene rings is 1. The Balaban J connectivity index is 1.53. The van der Waals surface area contributed by atoms with Crippen molar-refractivity contribution in [2.75, 3.05) is 0 Å². The second-order valence-electron chi connectivity index (χ2n) is 10.3. The lowest BCUT2D eigenvalue weighted by atomic mass is 9.97. The van der Waals surface area contributed by atoms with E-state index >= 15 is 0 Å². The molecule has 0 saturated carbocycles. The molecule has 7 nitrogen and oxygen atoms in total. The Hall–Kier alpha value is -2.83. The highest BCUT2D eigenvalue weighted by atomic mass is 16.6. The first-order valence-electron chi connectivity index (χ1n) is 11.5. The highest BCUT2D eigenvalue weighted by molar-refractivity contribution is 5.97. The first-order chi connectivity index (χ1) is 15.0. The van der Waals surface area contributed by atoms with Gasteiger partial charge in [0, 0.05) is 24.2 Å². The van der Waals surface area contributed by atoms with Crippen LogP contribution in [0, 0.1) is 0 Å². The molecule has 1 N–H and O–H groups in total. The van der Waals surface area contributed by atoms with E-state index in [1.165, 1.54) is 0 Å². The van der Waals surface area contributed by atoms with Crippen molar-refractivity contribution < 1.29 is 14.3 Å². The molecule has 1 aromatic carbocycles. The van der Waals surface area contributed by atoms with Gasteiger partial charge in [0.15, 0.2) is 0 Å². The largest absolute Gasteiger partial charge is 0.444 e. The Morgan fingerprint density at radius 2 is 1.72 bits per heavy atom. The van der Waals surface area contributed by atoms with Gasteiger partial charge in [-0.2, -0.15) is 0 Å². The first-order valence-corrected chi connectivity index (χ1v) is 11.5. The summed E-state index contributed by atoms with van der Waals surface area (Å²) in [6.07, 6.45) is 2.89. The van der Waals surface area contributed by atoms with Crippen molar-refractivity contribution >= 4 is 22.9 Å². The highest BCUT2D eigenvalue weighted by Gasteiger charge is 2.45. The summed E-state index contributed by atoms with van der Waals surface area (Å²) in [4.78, 5) is 40.8. The van der Waals surface area contributed by atoms with Crippen LogP contribution in [0.3, 0.4) is 0 Å². The van der Waals surface area contributed by atoms with E-state index in [9.17, 15) is 14.4 Å². The van der Waals surface area contributed by atoms with Crippen molar-refractivity contribution in [3.8, 4) is 0 Å². The lowest BCUT2D eigenvalue weighted by Crippen LogP contribution is -2.53. The van der Waals surface area contributed by atoms with Crippen LogP contribution in [0.5, 0.6) is 0 Å². The van der Waals surface area contributed by atoms with E-state index < -0.39 is 5.60 Å². The number of piperidine rings is 1. The summed E-state index contributed by atoms with van der Waals surface area (Å²) in [5.41, 5.74) is 0.186. The summed E-state index contributed by atoms with van der Waals surface area (Å²) >= 11 is 0. The molecule has 3 heterocycles. The average Bonchev–Trinajstić information content (AvgIpc) is 2.97. The van der Waals surface area contributed by atoms with Crippen molar-refractivity contribution in [1.29, 1.82) is 0 Å². The lowest BCUT2D eigenvalue weighted by Gasteiger charge is -2.39. The smallest absolute Gasteiger partial charge is 0.410 e. The average molecular weight is 440 g/mol. The molecule has 4 rings (SSSR count). The second kappa shape index (κ2) is 8.26. The van der Waals surface area contributed by atoms with Crippen LogP contribution >= 0.6 is 0 Å². The molecule has 0 spiro atoms. The predicted octanol–water partition coefficient (Wildman–Crippen LogP) is 4.24. The predicted molar refractivity (Wildman–Crippen MR) is 124 cm³/mol. The van der Waals surface area contributed by atoms with Crippen LogP contribution in [-0.2, 0) is 4.74 Å². The SMILES string of the molecule is CC(C)n1c(=O)c(C(=O)N[C@H]2C[C@H]3CC[C@@H](C2)N3C(=O)OC(C)(C)C)cc2ccccc21. The summed E-state index contributed by atoms with van der Waals surface area (Å²) in [5.74, 6) is -0.342. The molecule has 0 radical (unpaired) electrons. The maximum absolute atomic E-state index is 13.2.